The number of carbonyl (C=O) groups excluding carboxylic acids is 1. The molecule has 0 aromatic carbocycles. The second kappa shape index (κ2) is 9.96. The molecular formula is C14H24BN3O9. The van der Waals surface area contributed by atoms with Crippen LogP contribution in [0.3, 0.4) is 0 Å². The molecule has 152 valence electrons. The average molecular weight is 389 g/mol. The van der Waals surface area contributed by atoms with E-state index in [0.717, 1.165) is 19.5 Å². The molecule has 0 unspecified atom stereocenters. The zero-order valence-corrected chi connectivity index (χ0v) is 14.6. The molecule has 13 heteroatoms. The highest BCUT2D eigenvalue weighted by atomic mass is 17.2. The zero-order valence-electron chi connectivity index (χ0n) is 14.6. The summed E-state index contributed by atoms with van der Waals surface area (Å²) in [4.78, 5) is 44.5. The van der Waals surface area contributed by atoms with E-state index < -0.39 is 37.2 Å². The van der Waals surface area contributed by atoms with Gasteiger partial charge in [0, 0.05) is 19.1 Å². The van der Waals surface area contributed by atoms with Crippen LogP contribution in [0.1, 0.15) is 19.3 Å². The van der Waals surface area contributed by atoms with Crippen LogP contribution in [-0.2, 0) is 24.1 Å². The maximum absolute atomic E-state index is 12.4. The van der Waals surface area contributed by atoms with Gasteiger partial charge in [-0.2, -0.15) is 0 Å². The van der Waals surface area contributed by atoms with Crippen LogP contribution in [0.2, 0.25) is 0 Å². The van der Waals surface area contributed by atoms with Gasteiger partial charge < -0.3 is 35.9 Å². The van der Waals surface area contributed by atoms with Crippen LogP contribution < -0.4 is 10.6 Å². The molecule has 2 aliphatic heterocycles. The SMILES string of the molecule is O=C(O)[C@H](O)[C@@H](OOB(O)[C@@H]1CCCN1C(=O)CN[C@@H]1CCNC1)C(=O)O. The van der Waals surface area contributed by atoms with E-state index in [2.05, 4.69) is 20.3 Å². The van der Waals surface area contributed by atoms with Crippen LogP contribution in [-0.4, -0.2) is 101 Å². The molecule has 1 amide bonds. The number of carbonyl (C=O) groups is 3. The first-order valence-electron chi connectivity index (χ1n) is 8.68. The third-order valence-corrected chi connectivity index (χ3v) is 4.59. The van der Waals surface area contributed by atoms with Crippen LogP contribution in [0.5, 0.6) is 0 Å². The van der Waals surface area contributed by atoms with Crippen LogP contribution >= 0.6 is 0 Å². The third kappa shape index (κ3) is 5.86. The van der Waals surface area contributed by atoms with Gasteiger partial charge in [0.25, 0.3) is 0 Å². The van der Waals surface area contributed by atoms with Crippen molar-refractivity contribution in [3.05, 3.63) is 0 Å². The predicted molar refractivity (Wildman–Crippen MR) is 89.2 cm³/mol. The zero-order chi connectivity index (χ0) is 20.0. The second-order valence-corrected chi connectivity index (χ2v) is 6.49. The number of carboxylic acids is 2. The highest BCUT2D eigenvalue weighted by Crippen LogP contribution is 2.20. The molecule has 0 aliphatic carbocycles. The minimum Gasteiger partial charge on any atom is -0.479 e. The fourth-order valence-corrected chi connectivity index (χ4v) is 3.10. The number of aliphatic carboxylic acids is 2. The molecule has 2 aliphatic rings. The first kappa shape index (κ1) is 21.5. The summed E-state index contributed by atoms with van der Waals surface area (Å²) in [6, 6.07) is 0.202. The number of amides is 1. The maximum atomic E-state index is 12.4. The average Bonchev–Trinajstić information content (AvgIpc) is 3.30. The predicted octanol–water partition coefficient (Wildman–Crippen LogP) is -3.20. The number of nitrogens with zero attached hydrogens (tertiary/aromatic N) is 1. The number of nitrogens with one attached hydrogen (secondary N) is 2. The monoisotopic (exact) mass is 389 g/mol. The maximum Gasteiger partial charge on any atom is 0.510 e. The lowest BCUT2D eigenvalue weighted by Crippen LogP contribution is -2.51. The van der Waals surface area contributed by atoms with Gasteiger partial charge in [-0.15, -0.1) is 0 Å². The first-order chi connectivity index (χ1) is 12.8. The molecule has 0 radical (unpaired) electrons. The molecule has 2 heterocycles. The van der Waals surface area contributed by atoms with E-state index in [1.165, 1.54) is 4.90 Å². The summed E-state index contributed by atoms with van der Waals surface area (Å²) in [6.07, 6.45) is -2.67. The molecular weight excluding hydrogens is 365 g/mol. The van der Waals surface area contributed by atoms with E-state index in [0.29, 0.717) is 19.4 Å². The molecule has 12 nitrogen and oxygen atoms in total. The topological polar surface area (TPSA) is 178 Å². The summed E-state index contributed by atoms with van der Waals surface area (Å²) in [7, 11) is -1.69. The Hall–Kier alpha value is -1.77. The van der Waals surface area contributed by atoms with Crippen molar-refractivity contribution < 1.29 is 44.4 Å². The molecule has 27 heavy (non-hydrogen) atoms. The van der Waals surface area contributed by atoms with Crippen LogP contribution in [0.25, 0.3) is 0 Å². The van der Waals surface area contributed by atoms with Gasteiger partial charge in [-0.1, -0.05) is 0 Å². The van der Waals surface area contributed by atoms with Crippen LogP contribution in [0, 0.1) is 0 Å². The summed E-state index contributed by atoms with van der Waals surface area (Å²) in [6.45, 7) is 2.15. The Morgan fingerprint density at radius 3 is 2.59 bits per heavy atom. The largest absolute Gasteiger partial charge is 0.510 e. The fraction of sp³-hybridized carbons (Fsp3) is 0.786. The Labute approximate surface area is 155 Å². The lowest BCUT2D eigenvalue weighted by Gasteiger charge is -2.27. The minimum atomic E-state index is -2.37. The van der Waals surface area contributed by atoms with Crippen molar-refractivity contribution in [3.8, 4) is 0 Å². The quantitative estimate of drug-likeness (QED) is 0.126. The highest BCUT2D eigenvalue weighted by molar-refractivity contribution is 6.45. The fourth-order valence-electron chi connectivity index (χ4n) is 3.10. The van der Waals surface area contributed by atoms with Gasteiger partial charge in [-0.25, -0.2) is 14.5 Å². The number of carboxylic acid groups (broad SMARTS) is 2. The highest BCUT2D eigenvalue weighted by Gasteiger charge is 2.42. The molecule has 0 saturated carbocycles. The molecule has 2 saturated heterocycles. The lowest BCUT2D eigenvalue weighted by molar-refractivity contribution is -0.277. The molecule has 2 rings (SSSR count). The normalized spacial score (nSPS) is 24.6. The Morgan fingerprint density at radius 1 is 1.26 bits per heavy atom. The lowest BCUT2D eigenvalue weighted by atomic mass is 9.77. The molecule has 0 bridgehead atoms. The van der Waals surface area contributed by atoms with Gasteiger partial charge >= 0.3 is 19.1 Å². The van der Waals surface area contributed by atoms with Crippen molar-refractivity contribution in [2.24, 2.45) is 0 Å². The molecule has 2 fully saturated rings. The summed E-state index contributed by atoms with van der Waals surface area (Å²) >= 11 is 0. The summed E-state index contributed by atoms with van der Waals surface area (Å²) in [5.74, 6) is -4.60. The van der Waals surface area contributed by atoms with Crippen molar-refractivity contribution in [2.75, 3.05) is 26.2 Å². The van der Waals surface area contributed by atoms with Gasteiger partial charge in [0.05, 0.1) is 12.5 Å². The number of aliphatic hydroxyl groups excluding tert-OH is 1. The van der Waals surface area contributed by atoms with Crippen molar-refractivity contribution in [2.45, 2.75) is 43.5 Å². The first-order valence-corrected chi connectivity index (χ1v) is 8.68. The minimum absolute atomic E-state index is 0.0892. The smallest absolute Gasteiger partial charge is 0.479 e. The Balaban J connectivity index is 1.85. The van der Waals surface area contributed by atoms with Crippen molar-refractivity contribution in [1.29, 1.82) is 0 Å². The molecule has 0 aromatic rings. The van der Waals surface area contributed by atoms with Gasteiger partial charge in [-0.3, -0.25) is 9.60 Å². The number of hydrogen-bond acceptors (Lipinski definition) is 9. The van der Waals surface area contributed by atoms with E-state index in [4.69, 9.17) is 10.2 Å². The van der Waals surface area contributed by atoms with E-state index in [1.54, 1.807) is 0 Å². The van der Waals surface area contributed by atoms with Crippen molar-refractivity contribution >= 4 is 25.0 Å². The second-order valence-electron chi connectivity index (χ2n) is 6.49. The van der Waals surface area contributed by atoms with Crippen molar-refractivity contribution in [3.63, 3.8) is 0 Å². The van der Waals surface area contributed by atoms with E-state index >= 15 is 0 Å². The third-order valence-electron chi connectivity index (χ3n) is 4.59. The van der Waals surface area contributed by atoms with Crippen LogP contribution in [0.4, 0.5) is 0 Å². The van der Waals surface area contributed by atoms with Gasteiger partial charge in [-0.05, 0) is 25.8 Å². The molecule has 4 atom stereocenters. The number of hydrogen-bond donors (Lipinski definition) is 6. The summed E-state index contributed by atoms with van der Waals surface area (Å²) in [5.41, 5.74) is 0. The number of aliphatic hydroxyl groups is 1. The summed E-state index contributed by atoms with van der Waals surface area (Å²) in [5, 5.41) is 43.3. The van der Waals surface area contributed by atoms with E-state index in [1.807, 2.05) is 0 Å². The molecule has 6 N–H and O–H groups in total. The van der Waals surface area contributed by atoms with Gasteiger partial charge in [0.2, 0.25) is 12.0 Å². The van der Waals surface area contributed by atoms with E-state index in [9.17, 15) is 24.5 Å². The number of likely N-dealkylation sites (tertiary alicyclic amines) is 1. The summed E-state index contributed by atoms with van der Waals surface area (Å²) < 4.78 is 0. The van der Waals surface area contributed by atoms with Crippen LogP contribution in [0.15, 0.2) is 0 Å². The Bertz CT molecular complexity index is 546. The molecule has 0 aromatic heterocycles. The Kier molecular flexibility index (Phi) is 7.95. The molecule has 0 spiro atoms. The standard InChI is InChI=1S/C14H24BN3O9/c19-10(7-17-8-3-4-16-6-8)18-5-1-2-9(18)15(25)27-26-12(14(23)24)11(20)13(21)22/h8-9,11-12,16-17,20,25H,1-7H2,(H,21,22)(H,23,24)/t8-,9+,11-,12-/m1/s1. The van der Waals surface area contributed by atoms with Gasteiger partial charge in [0.15, 0.2) is 6.10 Å². The van der Waals surface area contributed by atoms with Crippen molar-refractivity contribution in [1.82, 2.24) is 15.5 Å². The van der Waals surface area contributed by atoms with E-state index in [-0.39, 0.29) is 18.5 Å². The van der Waals surface area contributed by atoms with Gasteiger partial charge in [0.1, 0.15) is 0 Å². The number of rotatable bonds is 10. The Morgan fingerprint density at radius 2 is 2.00 bits per heavy atom.